The second kappa shape index (κ2) is 10.4. The first-order chi connectivity index (χ1) is 17.0. The Balaban J connectivity index is 1.23. The number of anilines is 1. The molecule has 35 heavy (non-hydrogen) atoms. The third-order valence-corrected chi connectivity index (χ3v) is 6.71. The molecular formula is C24H25Cl2N5O4. The average molecular weight is 518 g/mol. The number of halogens is 2. The molecule has 11 heteroatoms. The molecule has 2 saturated heterocycles. The van der Waals surface area contributed by atoms with Gasteiger partial charge in [0.05, 0.1) is 42.9 Å². The van der Waals surface area contributed by atoms with Gasteiger partial charge < -0.3 is 23.7 Å². The monoisotopic (exact) mass is 517 g/mol. The lowest BCUT2D eigenvalue weighted by Gasteiger charge is -2.33. The molecule has 3 aromatic rings. The second-order valence-corrected chi connectivity index (χ2v) is 9.33. The van der Waals surface area contributed by atoms with Crippen LogP contribution in [0.2, 0.25) is 10.0 Å². The van der Waals surface area contributed by atoms with Crippen LogP contribution in [0.25, 0.3) is 0 Å². The van der Waals surface area contributed by atoms with Crippen LogP contribution in [0.5, 0.6) is 5.75 Å². The van der Waals surface area contributed by atoms with E-state index in [1.54, 1.807) is 29.7 Å². The number of imidazole rings is 1. The molecule has 0 amide bonds. The minimum Gasteiger partial charge on any atom is -0.491 e. The summed E-state index contributed by atoms with van der Waals surface area (Å²) in [4.78, 5) is 17.0. The highest BCUT2D eigenvalue weighted by molar-refractivity contribution is 6.35. The Hall–Kier alpha value is -2.85. The smallest absolute Gasteiger partial charge is 0.215 e. The van der Waals surface area contributed by atoms with Gasteiger partial charge in [0, 0.05) is 41.8 Å². The minimum absolute atomic E-state index is 0.297. The summed E-state index contributed by atoms with van der Waals surface area (Å²) in [7, 11) is 0. The first-order valence-corrected chi connectivity index (χ1v) is 12.1. The van der Waals surface area contributed by atoms with E-state index >= 15 is 0 Å². The fraction of sp³-hybridized carbons (Fsp3) is 0.375. The van der Waals surface area contributed by atoms with E-state index in [2.05, 4.69) is 15.2 Å². The molecule has 0 saturated carbocycles. The van der Waals surface area contributed by atoms with Crippen LogP contribution >= 0.6 is 23.2 Å². The predicted octanol–water partition coefficient (Wildman–Crippen LogP) is 4.34. The minimum atomic E-state index is -1.08. The average Bonchev–Trinajstić information content (AvgIpc) is 3.54. The van der Waals surface area contributed by atoms with E-state index in [4.69, 9.17) is 37.4 Å². The Morgan fingerprint density at radius 1 is 1.11 bits per heavy atom. The zero-order chi connectivity index (χ0) is 24.3. The summed E-state index contributed by atoms with van der Waals surface area (Å²) in [5.41, 5.74) is 1.79. The van der Waals surface area contributed by atoms with Gasteiger partial charge in [-0.25, -0.2) is 4.98 Å². The summed E-state index contributed by atoms with van der Waals surface area (Å²) in [6.07, 6.45) is 4.96. The van der Waals surface area contributed by atoms with Crippen LogP contribution in [0.4, 0.5) is 5.69 Å². The zero-order valence-corrected chi connectivity index (χ0v) is 20.4. The SMILES string of the molecule is O=NN1CCN(c2ccc(OC[C@H]3CO[C@](Cn4ccnc4)(c4ccc(Cl)cc4Cl)O3)cc2)CC1. The molecule has 0 spiro atoms. The molecule has 2 atom stereocenters. The van der Waals surface area contributed by atoms with Gasteiger partial charge in [0.2, 0.25) is 5.79 Å². The molecule has 0 N–H and O–H groups in total. The molecule has 0 bridgehead atoms. The third kappa shape index (κ3) is 5.38. The molecule has 3 heterocycles. The highest BCUT2D eigenvalue weighted by Gasteiger charge is 2.45. The van der Waals surface area contributed by atoms with Gasteiger partial charge in [-0.2, -0.15) is 0 Å². The fourth-order valence-corrected chi connectivity index (χ4v) is 4.91. The van der Waals surface area contributed by atoms with E-state index in [-0.39, 0.29) is 6.10 Å². The molecule has 2 aromatic carbocycles. The molecule has 1 aromatic heterocycles. The molecule has 0 aliphatic carbocycles. The zero-order valence-electron chi connectivity index (χ0n) is 18.9. The van der Waals surface area contributed by atoms with Crippen LogP contribution in [0, 0.1) is 4.91 Å². The summed E-state index contributed by atoms with van der Waals surface area (Å²) < 4.78 is 20.5. The molecular weight excluding hydrogens is 493 g/mol. The van der Waals surface area contributed by atoms with Gasteiger partial charge in [-0.1, -0.05) is 29.3 Å². The van der Waals surface area contributed by atoms with Gasteiger partial charge in [0.1, 0.15) is 18.5 Å². The Morgan fingerprint density at radius 2 is 1.91 bits per heavy atom. The first kappa shape index (κ1) is 23.9. The molecule has 5 rings (SSSR count). The van der Waals surface area contributed by atoms with E-state index in [1.807, 2.05) is 41.1 Å². The fourth-order valence-electron chi connectivity index (χ4n) is 4.35. The van der Waals surface area contributed by atoms with Crippen LogP contribution in [0.1, 0.15) is 5.56 Å². The lowest BCUT2D eigenvalue weighted by atomic mass is 10.1. The molecule has 9 nitrogen and oxygen atoms in total. The molecule has 2 fully saturated rings. The molecule has 2 aliphatic rings. The maximum atomic E-state index is 10.7. The highest BCUT2D eigenvalue weighted by atomic mass is 35.5. The molecule has 184 valence electrons. The van der Waals surface area contributed by atoms with Crippen molar-refractivity contribution in [3.8, 4) is 5.75 Å². The van der Waals surface area contributed by atoms with Crippen molar-refractivity contribution in [3.05, 3.63) is 81.7 Å². The van der Waals surface area contributed by atoms with Crippen molar-refractivity contribution < 1.29 is 14.2 Å². The number of hydrogen-bond acceptors (Lipinski definition) is 7. The number of nitrogens with zero attached hydrogens (tertiary/aromatic N) is 5. The van der Waals surface area contributed by atoms with Gasteiger partial charge >= 0.3 is 0 Å². The molecule has 0 radical (unpaired) electrons. The normalized spacial score (nSPS) is 22.4. The van der Waals surface area contributed by atoms with Crippen molar-refractivity contribution in [3.63, 3.8) is 0 Å². The van der Waals surface area contributed by atoms with E-state index in [1.165, 1.54) is 0 Å². The van der Waals surface area contributed by atoms with Gasteiger partial charge in [-0.15, -0.1) is 4.91 Å². The van der Waals surface area contributed by atoms with Gasteiger partial charge in [-0.3, -0.25) is 5.01 Å². The van der Waals surface area contributed by atoms with Crippen LogP contribution in [-0.4, -0.2) is 60.1 Å². The van der Waals surface area contributed by atoms with Crippen molar-refractivity contribution in [1.82, 2.24) is 14.6 Å². The predicted molar refractivity (Wildman–Crippen MR) is 133 cm³/mol. The first-order valence-electron chi connectivity index (χ1n) is 11.3. The Bertz CT molecular complexity index is 1140. The standard InChI is InChI=1S/C24H25Cl2N5O4/c25-18-1-6-22(23(26)13-18)24(16-29-8-7-27-17-29)34-15-21(35-24)14-33-20-4-2-19(3-5-20)30-9-11-31(28-32)12-10-30/h1-8,13,17,21H,9-12,14-16H2/t21-,24-/m0/s1. The van der Waals surface area contributed by atoms with Crippen molar-refractivity contribution in [2.45, 2.75) is 18.4 Å². The summed E-state index contributed by atoms with van der Waals surface area (Å²) in [5.74, 6) is -0.346. The van der Waals surface area contributed by atoms with Crippen molar-refractivity contribution >= 4 is 28.9 Å². The van der Waals surface area contributed by atoms with E-state index in [9.17, 15) is 4.91 Å². The lowest BCUT2D eigenvalue weighted by molar-refractivity contribution is -0.189. The van der Waals surface area contributed by atoms with Crippen molar-refractivity contribution in [1.29, 1.82) is 0 Å². The van der Waals surface area contributed by atoms with Gasteiger partial charge in [0.25, 0.3) is 0 Å². The van der Waals surface area contributed by atoms with Gasteiger partial charge in [0.15, 0.2) is 0 Å². The number of rotatable bonds is 8. The van der Waals surface area contributed by atoms with Crippen LogP contribution in [0.15, 0.2) is 66.5 Å². The Labute approximate surface area is 213 Å². The summed E-state index contributed by atoms with van der Waals surface area (Å²) in [5, 5.41) is 5.56. The van der Waals surface area contributed by atoms with Crippen LogP contribution < -0.4 is 9.64 Å². The van der Waals surface area contributed by atoms with E-state index in [0.717, 1.165) is 24.5 Å². The second-order valence-electron chi connectivity index (χ2n) is 8.49. The van der Waals surface area contributed by atoms with Crippen molar-refractivity contribution in [2.24, 2.45) is 5.29 Å². The summed E-state index contributed by atoms with van der Waals surface area (Å²) in [6, 6.07) is 13.2. The maximum absolute atomic E-state index is 10.7. The number of benzene rings is 2. The lowest BCUT2D eigenvalue weighted by Crippen LogP contribution is -2.43. The number of hydrogen-bond donors (Lipinski definition) is 0. The number of piperazine rings is 1. The van der Waals surface area contributed by atoms with Gasteiger partial charge in [-0.05, 0) is 36.4 Å². The van der Waals surface area contributed by atoms with Crippen molar-refractivity contribution in [2.75, 3.05) is 44.3 Å². The quantitative estimate of drug-likeness (QED) is 0.411. The number of aromatic nitrogens is 2. The van der Waals surface area contributed by atoms with Crippen LogP contribution in [0.3, 0.4) is 0 Å². The van der Waals surface area contributed by atoms with E-state index < -0.39 is 5.79 Å². The Morgan fingerprint density at radius 3 is 2.60 bits per heavy atom. The van der Waals surface area contributed by atoms with E-state index in [0.29, 0.717) is 48.5 Å². The summed E-state index contributed by atoms with van der Waals surface area (Å²) >= 11 is 12.6. The number of nitroso groups, excluding NO2 is 1. The maximum Gasteiger partial charge on any atom is 0.215 e. The molecule has 0 unspecified atom stereocenters. The topological polar surface area (TPSA) is 81.4 Å². The molecule has 2 aliphatic heterocycles. The number of ether oxygens (including phenoxy) is 3. The largest absolute Gasteiger partial charge is 0.491 e. The third-order valence-electron chi connectivity index (χ3n) is 6.16. The Kier molecular flexibility index (Phi) is 7.10. The van der Waals surface area contributed by atoms with Crippen LogP contribution in [-0.2, 0) is 21.8 Å². The summed E-state index contributed by atoms with van der Waals surface area (Å²) in [6.45, 7) is 3.81. The highest BCUT2D eigenvalue weighted by Crippen LogP contribution is 2.40.